The summed E-state index contributed by atoms with van der Waals surface area (Å²) in [5, 5.41) is 21.7. The molecule has 0 saturated heterocycles. The number of cyclic esters (lactones) is 1. The highest BCUT2D eigenvalue weighted by molar-refractivity contribution is 5.89. The highest BCUT2D eigenvalue weighted by Gasteiger charge is 2.45. The summed E-state index contributed by atoms with van der Waals surface area (Å²) in [6, 6.07) is 4.79. The summed E-state index contributed by atoms with van der Waals surface area (Å²) in [5.74, 6) is -1.15. The predicted molar refractivity (Wildman–Crippen MR) is 119 cm³/mol. The fourth-order valence-corrected chi connectivity index (χ4v) is 4.93. The predicted octanol–water partition coefficient (Wildman–Crippen LogP) is 2.84. The summed E-state index contributed by atoms with van der Waals surface area (Å²) in [6.45, 7) is 5.13. The van der Waals surface area contributed by atoms with E-state index in [1.807, 2.05) is 0 Å². The van der Waals surface area contributed by atoms with Crippen molar-refractivity contribution >= 4 is 16.9 Å². The molecule has 2 atom stereocenters. The van der Waals surface area contributed by atoms with Crippen molar-refractivity contribution in [2.45, 2.75) is 64.9 Å². The average molecular weight is 452 g/mol. The zero-order valence-corrected chi connectivity index (χ0v) is 18.7. The van der Waals surface area contributed by atoms with E-state index in [1.54, 1.807) is 37.5 Å². The van der Waals surface area contributed by atoms with Crippen molar-refractivity contribution < 1.29 is 24.1 Å². The number of ether oxygens (including phenoxy) is 1. The topological polar surface area (TPSA) is 102 Å². The number of nitrogens with zero attached hydrogens (tertiary/aromatic N) is 2. The Morgan fingerprint density at radius 1 is 1.27 bits per heavy atom. The lowest BCUT2D eigenvalue weighted by Crippen LogP contribution is -2.44. The van der Waals surface area contributed by atoms with E-state index in [2.05, 4.69) is 0 Å². The zero-order valence-electron chi connectivity index (χ0n) is 18.7. The molecule has 0 amide bonds. The first-order valence-corrected chi connectivity index (χ1v) is 11.1. The Hall–Kier alpha value is -3.10. The largest absolute Gasteiger partial charge is 0.458 e. The molecule has 2 aromatic heterocycles. The molecule has 0 bridgehead atoms. The number of fused-ring (bicyclic) bond motifs is 5. The number of carbonyl (C=O) groups is 1. The summed E-state index contributed by atoms with van der Waals surface area (Å²) in [7, 11) is 0. The second kappa shape index (κ2) is 7.46. The smallest absolute Gasteiger partial charge is 0.343 e. The number of aryl methyl sites for hydroxylation is 2. The minimum Gasteiger partial charge on any atom is -0.458 e. The molecular formula is C25H25FN2O5. The van der Waals surface area contributed by atoms with E-state index in [0.717, 1.165) is 16.5 Å². The van der Waals surface area contributed by atoms with E-state index >= 15 is 0 Å². The number of pyridine rings is 2. The third-order valence-electron chi connectivity index (χ3n) is 6.90. The first-order valence-electron chi connectivity index (χ1n) is 11.1. The molecule has 2 aliphatic heterocycles. The molecule has 33 heavy (non-hydrogen) atoms. The molecule has 2 N–H and O–H groups in total. The van der Waals surface area contributed by atoms with Crippen molar-refractivity contribution in [3.8, 4) is 11.4 Å². The fourth-order valence-electron chi connectivity index (χ4n) is 4.93. The Morgan fingerprint density at radius 3 is 2.73 bits per heavy atom. The number of rotatable bonds is 4. The van der Waals surface area contributed by atoms with E-state index in [0.29, 0.717) is 35.3 Å². The first-order chi connectivity index (χ1) is 15.7. The van der Waals surface area contributed by atoms with Crippen LogP contribution in [0.1, 0.15) is 54.5 Å². The number of halogens is 1. The number of hydrogen-bond acceptors (Lipinski definition) is 6. The minimum absolute atomic E-state index is 0.0594. The van der Waals surface area contributed by atoms with Crippen LogP contribution in [-0.2, 0) is 34.7 Å². The third kappa shape index (κ3) is 3.12. The maximum absolute atomic E-state index is 14.4. The van der Waals surface area contributed by atoms with Crippen molar-refractivity contribution in [2.24, 2.45) is 0 Å². The van der Waals surface area contributed by atoms with E-state index in [-0.39, 0.29) is 42.1 Å². The van der Waals surface area contributed by atoms with Crippen LogP contribution in [0.15, 0.2) is 23.0 Å². The van der Waals surface area contributed by atoms with Gasteiger partial charge in [-0.3, -0.25) is 4.79 Å². The lowest BCUT2D eigenvalue weighted by molar-refractivity contribution is -0.172. The summed E-state index contributed by atoms with van der Waals surface area (Å²) in [4.78, 5) is 30.5. The number of benzene rings is 1. The highest BCUT2D eigenvalue weighted by atomic mass is 19.1. The lowest BCUT2D eigenvalue weighted by atomic mass is 9.86. The molecule has 172 valence electrons. The van der Waals surface area contributed by atoms with Crippen LogP contribution in [0.4, 0.5) is 4.39 Å². The molecule has 7 nitrogen and oxygen atoms in total. The number of aliphatic hydroxyl groups is 2. The molecule has 2 aliphatic rings. The number of hydrogen-bond donors (Lipinski definition) is 2. The molecule has 0 fully saturated rings. The van der Waals surface area contributed by atoms with Crippen molar-refractivity contribution in [2.75, 3.05) is 0 Å². The first kappa shape index (κ1) is 21.7. The lowest BCUT2D eigenvalue weighted by Gasteiger charge is -2.31. The van der Waals surface area contributed by atoms with Gasteiger partial charge in [-0.15, -0.1) is 0 Å². The summed E-state index contributed by atoms with van der Waals surface area (Å²) in [5.41, 5.74) is 1.98. The number of esters is 1. The van der Waals surface area contributed by atoms with Gasteiger partial charge in [-0.1, -0.05) is 6.92 Å². The van der Waals surface area contributed by atoms with Crippen LogP contribution in [-0.4, -0.2) is 31.8 Å². The van der Waals surface area contributed by atoms with Crippen LogP contribution in [0.5, 0.6) is 0 Å². The summed E-state index contributed by atoms with van der Waals surface area (Å²) >= 11 is 0. The SMILES string of the molecule is CC[C@@]1(O)C(=O)OCc2c1cc1n(c2=O)Cc2c-1nc1cc(F)c(C)cc1c2CC[C@@H](C)O. The van der Waals surface area contributed by atoms with Crippen molar-refractivity contribution in [1.82, 2.24) is 9.55 Å². The molecule has 0 unspecified atom stereocenters. The van der Waals surface area contributed by atoms with Gasteiger partial charge in [-0.05, 0) is 56.4 Å². The van der Waals surface area contributed by atoms with Gasteiger partial charge < -0.3 is 19.5 Å². The maximum atomic E-state index is 14.4. The van der Waals surface area contributed by atoms with Crippen molar-refractivity contribution in [3.63, 3.8) is 0 Å². The van der Waals surface area contributed by atoms with Crippen LogP contribution < -0.4 is 5.56 Å². The number of aliphatic hydroxyl groups excluding tert-OH is 1. The van der Waals surface area contributed by atoms with Gasteiger partial charge >= 0.3 is 5.97 Å². The molecule has 0 radical (unpaired) electrons. The molecule has 1 aromatic carbocycles. The average Bonchev–Trinajstić information content (AvgIpc) is 3.14. The standard InChI is InChI=1S/C25H25FN2O5/c1-4-25(32)18-8-21-22-16(10-28(21)23(30)17(18)11-33-24(25)31)14(6-5-13(3)29)15-7-12(2)19(26)9-20(15)27-22/h7-9,13,29,32H,4-6,10-11H2,1-3H3/t13-,25+/m1/s1. The zero-order chi connectivity index (χ0) is 23.7. The molecule has 3 aromatic rings. The van der Waals surface area contributed by atoms with Crippen LogP contribution in [0.25, 0.3) is 22.3 Å². The van der Waals surface area contributed by atoms with Crippen LogP contribution in [0.3, 0.4) is 0 Å². The van der Waals surface area contributed by atoms with E-state index in [9.17, 15) is 24.2 Å². The van der Waals surface area contributed by atoms with Gasteiger partial charge in [0.05, 0.1) is 35.1 Å². The molecule has 0 aliphatic carbocycles. The second-order valence-corrected chi connectivity index (χ2v) is 9.03. The molecule has 8 heteroatoms. The fraction of sp³-hybridized carbons (Fsp3) is 0.400. The Bertz CT molecular complexity index is 1390. The Balaban J connectivity index is 1.80. The van der Waals surface area contributed by atoms with Gasteiger partial charge in [-0.2, -0.15) is 0 Å². The van der Waals surface area contributed by atoms with Crippen LogP contribution in [0.2, 0.25) is 0 Å². The van der Waals surface area contributed by atoms with Gasteiger partial charge in [0, 0.05) is 22.6 Å². The Morgan fingerprint density at radius 2 is 2.03 bits per heavy atom. The quantitative estimate of drug-likeness (QED) is 0.462. The number of aromatic nitrogens is 2. The van der Waals surface area contributed by atoms with Gasteiger partial charge in [0.25, 0.3) is 5.56 Å². The van der Waals surface area contributed by atoms with Gasteiger partial charge in [0.2, 0.25) is 0 Å². The Kier molecular flexibility index (Phi) is 4.91. The highest BCUT2D eigenvalue weighted by Crippen LogP contribution is 2.40. The molecule has 5 rings (SSSR count). The van der Waals surface area contributed by atoms with Crippen LogP contribution >= 0.6 is 0 Å². The van der Waals surface area contributed by atoms with E-state index in [4.69, 9.17) is 9.72 Å². The van der Waals surface area contributed by atoms with Gasteiger partial charge in [0.1, 0.15) is 12.4 Å². The minimum atomic E-state index is -1.90. The summed E-state index contributed by atoms with van der Waals surface area (Å²) in [6.07, 6.45) is 0.574. The normalized spacial score (nSPS) is 19.8. The summed E-state index contributed by atoms with van der Waals surface area (Å²) < 4.78 is 21.1. The van der Waals surface area contributed by atoms with Crippen LogP contribution in [0, 0.1) is 12.7 Å². The monoisotopic (exact) mass is 452 g/mol. The van der Waals surface area contributed by atoms with Crippen molar-refractivity contribution in [3.05, 3.63) is 62.2 Å². The van der Waals surface area contributed by atoms with Gasteiger partial charge in [0.15, 0.2) is 5.60 Å². The third-order valence-corrected chi connectivity index (χ3v) is 6.90. The van der Waals surface area contributed by atoms with E-state index < -0.39 is 17.7 Å². The molecule has 4 heterocycles. The molecule has 0 saturated carbocycles. The molecular weight excluding hydrogens is 427 g/mol. The van der Waals surface area contributed by atoms with E-state index in [1.165, 1.54) is 6.07 Å². The second-order valence-electron chi connectivity index (χ2n) is 9.03. The Labute approximate surface area is 189 Å². The van der Waals surface area contributed by atoms with Gasteiger partial charge in [-0.25, -0.2) is 14.2 Å². The maximum Gasteiger partial charge on any atom is 0.343 e. The van der Waals surface area contributed by atoms with Crippen molar-refractivity contribution in [1.29, 1.82) is 0 Å². The number of carbonyl (C=O) groups excluding carboxylic acids is 1. The molecule has 0 spiro atoms.